The summed E-state index contributed by atoms with van der Waals surface area (Å²) < 4.78 is 10.3. The Bertz CT molecular complexity index is 600. The smallest absolute Gasteiger partial charge is 0.358 e. The van der Waals surface area contributed by atoms with Crippen molar-refractivity contribution in [2.24, 2.45) is 0 Å². The van der Waals surface area contributed by atoms with Gasteiger partial charge in [0.15, 0.2) is 5.69 Å². The van der Waals surface area contributed by atoms with Gasteiger partial charge in [-0.1, -0.05) is 5.16 Å². The van der Waals surface area contributed by atoms with Crippen LogP contribution in [0.3, 0.4) is 0 Å². The Labute approximate surface area is 108 Å². The zero-order chi connectivity index (χ0) is 13.8. The van der Waals surface area contributed by atoms with Gasteiger partial charge in [-0.25, -0.2) is 4.79 Å². The zero-order valence-corrected chi connectivity index (χ0v) is 10.1. The number of rotatable bonds is 5. The molecule has 0 aliphatic rings. The van der Waals surface area contributed by atoms with Gasteiger partial charge in [0.05, 0.1) is 5.56 Å². The summed E-state index contributed by atoms with van der Waals surface area (Å²) in [4.78, 5) is 21.4. The lowest BCUT2D eigenvalue weighted by Gasteiger charge is -2.05. The first-order valence-corrected chi connectivity index (χ1v) is 5.48. The molecule has 0 unspecified atom stereocenters. The molecule has 2 aromatic rings. The molecule has 19 heavy (non-hydrogen) atoms. The molecule has 0 amide bonds. The van der Waals surface area contributed by atoms with Gasteiger partial charge in [0.2, 0.25) is 0 Å². The first kappa shape index (κ1) is 12.8. The van der Waals surface area contributed by atoms with Crippen LogP contribution in [0.15, 0.2) is 28.8 Å². The van der Waals surface area contributed by atoms with E-state index < -0.39 is 5.97 Å². The molecule has 6 heteroatoms. The van der Waals surface area contributed by atoms with Gasteiger partial charge in [-0.05, 0) is 31.2 Å². The van der Waals surface area contributed by atoms with Gasteiger partial charge in [-0.15, -0.1) is 0 Å². The summed E-state index contributed by atoms with van der Waals surface area (Å²) in [7, 11) is 0. The lowest BCUT2D eigenvalue weighted by molar-refractivity contribution is 0.0683. The highest BCUT2D eigenvalue weighted by Crippen LogP contribution is 2.18. The average Bonchev–Trinajstić information content (AvgIpc) is 2.78. The van der Waals surface area contributed by atoms with Gasteiger partial charge in [0.25, 0.3) is 0 Å². The van der Waals surface area contributed by atoms with Crippen LogP contribution in [0, 0.1) is 6.92 Å². The van der Waals surface area contributed by atoms with Gasteiger partial charge >= 0.3 is 5.97 Å². The van der Waals surface area contributed by atoms with Crippen LogP contribution < -0.4 is 4.74 Å². The van der Waals surface area contributed by atoms with Gasteiger partial charge in [-0.3, -0.25) is 4.79 Å². The summed E-state index contributed by atoms with van der Waals surface area (Å²) in [5, 5.41) is 12.4. The summed E-state index contributed by atoms with van der Waals surface area (Å²) in [6.07, 6.45) is 0.733. The van der Waals surface area contributed by atoms with E-state index >= 15 is 0 Å². The Balaban J connectivity index is 2.11. The van der Waals surface area contributed by atoms with Crippen LogP contribution in [-0.4, -0.2) is 22.5 Å². The van der Waals surface area contributed by atoms with Crippen molar-refractivity contribution in [1.82, 2.24) is 5.16 Å². The standard InChI is InChI=1S/C13H11NO5/c1-8-11(12(13(16)17)14-19-8)7-18-10-4-2-9(6-15)3-5-10/h2-6H,7H2,1H3,(H,16,17). The van der Waals surface area contributed by atoms with Crippen molar-refractivity contribution in [2.45, 2.75) is 13.5 Å². The molecule has 2 rings (SSSR count). The largest absolute Gasteiger partial charge is 0.489 e. The minimum absolute atomic E-state index is 0.0391. The minimum Gasteiger partial charge on any atom is -0.489 e. The molecule has 0 radical (unpaired) electrons. The Morgan fingerprint density at radius 3 is 2.68 bits per heavy atom. The highest BCUT2D eigenvalue weighted by atomic mass is 16.5. The van der Waals surface area contributed by atoms with Crippen LogP contribution in [-0.2, 0) is 6.61 Å². The van der Waals surface area contributed by atoms with E-state index in [1.165, 1.54) is 0 Å². The third-order valence-corrected chi connectivity index (χ3v) is 2.59. The first-order chi connectivity index (χ1) is 9.11. The summed E-state index contributed by atoms with van der Waals surface area (Å²) in [5.41, 5.74) is 0.786. The average molecular weight is 261 g/mol. The number of carbonyl (C=O) groups is 2. The Morgan fingerprint density at radius 1 is 1.42 bits per heavy atom. The fraction of sp³-hybridized carbons (Fsp3) is 0.154. The molecule has 0 aliphatic carbocycles. The summed E-state index contributed by atoms with van der Waals surface area (Å²) >= 11 is 0. The normalized spacial score (nSPS) is 10.2. The number of carbonyl (C=O) groups excluding carboxylic acids is 1. The Hall–Kier alpha value is -2.63. The summed E-state index contributed by atoms with van der Waals surface area (Å²) in [5.74, 6) is -0.226. The molecule has 0 saturated heterocycles. The monoisotopic (exact) mass is 261 g/mol. The quantitative estimate of drug-likeness (QED) is 0.828. The fourth-order valence-corrected chi connectivity index (χ4v) is 1.53. The number of hydrogen-bond acceptors (Lipinski definition) is 5. The van der Waals surface area contributed by atoms with Crippen LogP contribution in [0.1, 0.15) is 32.2 Å². The number of nitrogens with zero attached hydrogens (tertiary/aromatic N) is 1. The molecule has 6 nitrogen and oxygen atoms in total. The molecular weight excluding hydrogens is 250 g/mol. The number of ether oxygens (including phenoxy) is 1. The van der Waals surface area contributed by atoms with E-state index in [1.807, 2.05) is 0 Å². The molecule has 1 heterocycles. The number of aryl methyl sites for hydroxylation is 1. The Kier molecular flexibility index (Phi) is 3.61. The van der Waals surface area contributed by atoms with Crippen LogP contribution in [0.25, 0.3) is 0 Å². The van der Waals surface area contributed by atoms with E-state index in [4.69, 9.17) is 14.4 Å². The van der Waals surface area contributed by atoms with E-state index in [9.17, 15) is 9.59 Å². The molecule has 1 aromatic heterocycles. The maximum absolute atomic E-state index is 10.9. The number of hydrogen-bond donors (Lipinski definition) is 1. The third kappa shape index (κ3) is 2.79. The van der Waals surface area contributed by atoms with Crippen LogP contribution in [0.5, 0.6) is 5.75 Å². The molecule has 98 valence electrons. The van der Waals surface area contributed by atoms with Crippen molar-refractivity contribution < 1.29 is 24.0 Å². The molecule has 0 fully saturated rings. The molecule has 1 N–H and O–H groups in total. The number of aromatic nitrogens is 1. The van der Waals surface area contributed by atoms with E-state index in [2.05, 4.69) is 5.16 Å². The second kappa shape index (κ2) is 5.34. The van der Waals surface area contributed by atoms with Crippen LogP contribution in [0.4, 0.5) is 0 Å². The van der Waals surface area contributed by atoms with E-state index in [1.54, 1.807) is 31.2 Å². The zero-order valence-electron chi connectivity index (χ0n) is 10.1. The highest BCUT2D eigenvalue weighted by Gasteiger charge is 2.19. The van der Waals surface area contributed by atoms with Crippen LogP contribution in [0.2, 0.25) is 0 Å². The number of carboxylic acids is 1. The topological polar surface area (TPSA) is 89.6 Å². The van der Waals surface area contributed by atoms with Crippen molar-refractivity contribution in [2.75, 3.05) is 0 Å². The lowest BCUT2D eigenvalue weighted by Crippen LogP contribution is -2.05. The second-order valence-electron chi connectivity index (χ2n) is 3.85. The van der Waals surface area contributed by atoms with Crippen molar-refractivity contribution in [3.05, 3.63) is 46.8 Å². The van der Waals surface area contributed by atoms with Crippen molar-refractivity contribution >= 4 is 12.3 Å². The predicted molar refractivity (Wildman–Crippen MR) is 64.4 cm³/mol. The molecule has 1 aromatic carbocycles. The minimum atomic E-state index is -1.16. The molecule has 0 bridgehead atoms. The molecule has 0 spiro atoms. The van der Waals surface area contributed by atoms with Gasteiger partial charge in [0, 0.05) is 5.56 Å². The molecule has 0 atom stereocenters. The van der Waals surface area contributed by atoms with E-state index in [-0.39, 0.29) is 12.3 Å². The van der Waals surface area contributed by atoms with Gasteiger partial charge in [0.1, 0.15) is 24.4 Å². The number of aldehydes is 1. The van der Waals surface area contributed by atoms with E-state index in [0.717, 1.165) is 6.29 Å². The molecule has 0 saturated carbocycles. The van der Waals surface area contributed by atoms with Gasteiger partial charge < -0.3 is 14.4 Å². The SMILES string of the molecule is Cc1onc(C(=O)O)c1COc1ccc(C=O)cc1. The number of benzene rings is 1. The third-order valence-electron chi connectivity index (χ3n) is 2.59. The first-order valence-electron chi connectivity index (χ1n) is 5.48. The lowest BCUT2D eigenvalue weighted by atomic mass is 10.2. The van der Waals surface area contributed by atoms with Crippen molar-refractivity contribution in [1.29, 1.82) is 0 Å². The number of carboxylic acid groups (broad SMARTS) is 1. The van der Waals surface area contributed by atoms with Gasteiger partial charge in [-0.2, -0.15) is 0 Å². The van der Waals surface area contributed by atoms with Crippen molar-refractivity contribution in [3.63, 3.8) is 0 Å². The highest BCUT2D eigenvalue weighted by molar-refractivity contribution is 5.87. The predicted octanol–water partition coefficient (Wildman–Crippen LogP) is 2.07. The van der Waals surface area contributed by atoms with E-state index in [0.29, 0.717) is 22.6 Å². The summed E-state index contributed by atoms with van der Waals surface area (Å²) in [6, 6.07) is 6.49. The number of aromatic carboxylic acids is 1. The fourth-order valence-electron chi connectivity index (χ4n) is 1.53. The van der Waals surface area contributed by atoms with Crippen LogP contribution >= 0.6 is 0 Å². The molecule has 0 aliphatic heterocycles. The Morgan fingerprint density at radius 2 is 2.11 bits per heavy atom. The molecular formula is C13H11NO5. The maximum Gasteiger partial charge on any atom is 0.358 e. The maximum atomic E-state index is 10.9. The second-order valence-corrected chi connectivity index (χ2v) is 3.85. The summed E-state index contributed by atoms with van der Waals surface area (Å²) in [6.45, 7) is 1.66. The van der Waals surface area contributed by atoms with Crippen molar-refractivity contribution in [3.8, 4) is 5.75 Å².